The highest BCUT2D eigenvalue weighted by Crippen LogP contribution is 2.30. The van der Waals surface area contributed by atoms with E-state index in [-0.39, 0.29) is 5.82 Å². The number of hydrogen-bond donors (Lipinski definition) is 4. The van der Waals surface area contributed by atoms with Crippen LogP contribution in [0, 0.1) is 5.82 Å². The Balaban J connectivity index is 0.000000168. The van der Waals surface area contributed by atoms with Gasteiger partial charge in [0.05, 0.1) is 38.5 Å². The Morgan fingerprint density at radius 3 is 1.19 bits per heavy atom. The van der Waals surface area contributed by atoms with Gasteiger partial charge in [-0.05, 0) is 162 Å². The maximum absolute atomic E-state index is 13.6. The zero-order valence-corrected chi connectivity index (χ0v) is 47.0. The van der Waals surface area contributed by atoms with Crippen LogP contribution in [0.15, 0.2) is 135 Å². The number of nitrogens with zero attached hydrogens (tertiary/aromatic N) is 4. The summed E-state index contributed by atoms with van der Waals surface area (Å²) in [5, 5.41) is 0. The summed E-state index contributed by atoms with van der Waals surface area (Å²) < 4.78 is 31.1. The fourth-order valence-electron chi connectivity index (χ4n) is 9.69. The van der Waals surface area contributed by atoms with Gasteiger partial charge in [0, 0.05) is 73.2 Å². The van der Waals surface area contributed by atoms with Crippen LogP contribution in [0.2, 0.25) is 0 Å². The first kappa shape index (κ1) is 58.5. The van der Waals surface area contributed by atoms with Crippen molar-refractivity contribution in [3.05, 3.63) is 230 Å². The molecule has 0 radical (unpaired) electrons. The lowest BCUT2D eigenvalue weighted by Crippen LogP contribution is -2.05. The molecule has 9 rings (SSSR count). The number of H-pyrrole nitrogens is 4. The highest BCUT2D eigenvalue weighted by molar-refractivity contribution is 5.48. The molecule has 11 nitrogen and oxygen atoms in total. The number of aryl methyl sites for hydroxylation is 6. The molecule has 4 aromatic heterocycles. The predicted molar refractivity (Wildman–Crippen MR) is 310 cm³/mol. The summed E-state index contributed by atoms with van der Waals surface area (Å²) in [7, 11) is 0. The third-order valence-corrected chi connectivity index (χ3v) is 13.7. The molecule has 12 heteroatoms. The average molecular weight is 1040 g/mol. The van der Waals surface area contributed by atoms with Crippen LogP contribution in [-0.4, -0.2) is 53.1 Å². The second kappa shape index (κ2) is 31.3. The molecule has 0 aliphatic heterocycles. The van der Waals surface area contributed by atoms with Crippen molar-refractivity contribution >= 4 is 0 Å². The molecule has 4 heterocycles. The quantitative estimate of drug-likeness (QED) is 0.0529. The number of rotatable bonds is 22. The molecule has 0 saturated carbocycles. The van der Waals surface area contributed by atoms with Crippen LogP contribution in [0.3, 0.4) is 0 Å². The number of hydrogen-bond acceptors (Lipinski definition) is 7. The number of benzene rings is 5. The summed E-state index contributed by atoms with van der Waals surface area (Å²) >= 11 is 0. The van der Waals surface area contributed by atoms with Crippen molar-refractivity contribution < 1.29 is 18.6 Å². The van der Waals surface area contributed by atoms with Crippen LogP contribution in [0.25, 0.3) is 0 Å². The summed E-state index contributed by atoms with van der Waals surface area (Å²) in [6, 6.07) is 28.5. The Bertz CT molecular complexity index is 3010. The van der Waals surface area contributed by atoms with Crippen molar-refractivity contribution in [1.82, 2.24) is 39.9 Å². The van der Waals surface area contributed by atoms with E-state index < -0.39 is 0 Å². The first-order valence-electron chi connectivity index (χ1n) is 27.7. The van der Waals surface area contributed by atoms with Gasteiger partial charge in [0.1, 0.15) is 29.7 Å². The molecular weight excluding hydrogens is 960 g/mol. The highest BCUT2D eigenvalue weighted by Gasteiger charge is 2.16. The third kappa shape index (κ3) is 17.1. The van der Waals surface area contributed by atoms with Crippen molar-refractivity contribution in [2.45, 2.75) is 140 Å². The first-order chi connectivity index (χ1) is 37.7. The van der Waals surface area contributed by atoms with Crippen molar-refractivity contribution in [3.8, 4) is 17.2 Å². The second-order valence-corrected chi connectivity index (χ2v) is 18.6. The van der Waals surface area contributed by atoms with Gasteiger partial charge in [-0.25, -0.2) is 24.3 Å². The van der Waals surface area contributed by atoms with Crippen molar-refractivity contribution in [2.75, 3.05) is 13.2 Å². The van der Waals surface area contributed by atoms with E-state index in [0.29, 0.717) is 26.2 Å². The molecule has 0 atom stereocenters. The van der Waals surface area contributed by atoms with Crippen LogP contribution in [0.1, 0.15) is 152 Å². The van der Waals surface area contributed by atoms with E-state index in [1.165, 1.54) is 61.7 Å². The van der Waals surface area contributed by atoms with E-state index in [4.69, 9.17) is 14.2 Å². The standard InChI is InChI=1S/C21H24N2O.2C16H22N2O.C12H13FN2/c1-3-17-10-20(24-14-16-8-6-5-7-9-16)11-18(4-2)21(17)12-19-13-22-15-23-19;1-4-12-7-15(19-6-3)8-13(5-2)16(12)9-14-10-17-11-18-14;1-4-12-7-8-16(19-6-3)14(5-2)15(12)9-13-10-17-11-18-13;1-2-9-4-3-5-12(13)11(9)6-10-7-14-8-15-10/h5-11,13,15H,3-4,12,14H2,1-2H3,(H,22,23);2*7-8,10-11H,4-6,9H2,1-3H3,(H,17,18);3-5,7-8H,2,6H2,1H3,(H,14,15). The topological polar surface area (TPSA) is 142 Å². The Kier molecular flexibility index (Phi) is 23.8. The summed E-state index contributed by atoms with van der Waals surface area (Å²) in [4.78, 5) is 28.8. The van der Waals surface area contributed by atoms with E-state index in [2.05, 4.69) is 130 Å². The maximum atomic E-state index is 13.6. The van der Waals surface area contributed by atoms with Gasteiger partial charge in [-0.2, -0.15) is 0 Å². The van der Waals surface area contributed by atoms with Crippen LogP contribution in [0.5, 0.6) is 17.2 Å². The molecule has 9 aromatic rings. The molecular formula is C65H81FN8O3. The third-order valence-electron chi connectivity index (χ3n) is 13.7. The SMILES string of the molecule is CCOc1cc(CC)c(Cc2cnc[nH]2)c(CC)c1.CCOc1ccc(CC)c(Cc2cnc[nH]2)c1CC.CCc1cc(OCc2ccccc2)cc(CC)c1Cc1cnc[nH]1.CCc1cccc(F)c1Cc1cnc[nH]1. The molecule has 0 saturated heterocycles. The summed E-state index contributed by atoms with van der Waals surface area (Å²) in [6.45, 7) is 21.3. The molecule has 0 fully saturated rings. The lowest BCUT2D eigenvalue weighted by molar-refractivity contribution is 0.305. The average Bonchev–Trinajstić information content (AvgIpc) is 4.35. The molecule has 0 spiro atoms. The first-order valence-corrected chi connectivity index (χ1v) is 27.7. The van der Waals surface area contributed by atoms with E-state index >= 15 is 0 Å². The van der Waals surface area contributed by atoms with E-state index in [1.807, 2.05) is 63.6 Å². The molecule has 77 heavy (non-hydrogen) atoms. The normalized spacial score (nSPS) is 10.7. The maximum Gasteiger partial charge on any atom is 0.127 e. The zero-order valence-electron chi connectivity index (χ0n) is 47.0. The van der Waals surface area contributed by atoms with Crippen LogP contribution >= 0.6 is 0 Å². The summed E-state index contributed by atoms with van der Waals surface area (Å²) in [5.74, 6) is 2.84. The molecule has 0 aliphatic rings. The number of imidazole rings is 4. The predicted octanol–water partition coefficient (Wildman–Crippen LogP) is 14.5. The number of halogens is 1. The molecule has 4 N–H and O–H groups in total. The molecule has 406 valence electrons. The van der Waals surface area contributed by atoms with Gasteiger partial charge in [0.25, 0.3) is 0 Å². The smallest absolute Gasteiger partial charge is 0.127 e. The Hall–Kier alpha value is -7.73. The lowest BCUT2D eigenvalue weighted by atomic mass is 9.93. The molecule has 5 aromatic carbocycles. The van der Waals surface area contributed by atoms with Gasteiger partial charge < -0.3 is 34.1 Å². The molecule has 0 amide bonds. The minimum absolute atomic E-state index is 0.135. The van der Waals surface area contributed by atoms with E-state index in [9.17, 15) is 4.39 Å². The number of aromatic nitrogens is 8. The fraction of sp³-hybridized carbons (Fsp3) is 0.354. The minimum atomic E-state index is -0.135. The van der Waals surface area contributed by atoms with Gasteiger partial charge >= 0.3 is 0 Å². The highest BCUT2D eigenvalue weighted by atomic mass is 19.1. The number of nitrogens with one attached hydrogen (secondary N) is 4. The number of ether oxygens (including phenoxy) is 3. The van der Waals surface area contributed by atoms with Crippen LogP contribution in [0.4, 0.5) is 4.39 Å². The van der Waals surface area contributed by atoms with Gasteiger partial charge in [0.2, 0.25) is 0 Å². The van der Waals surface area contributed by atoms with Gasteiger partial charge in [-0.3, -0.25) is 0 Å². The van der Waals surface area contributed by atoms with E-state index in [0.717, 1.165) is 115 Å². The van der Waals surface area contributed by atoms with Gasteiger partial charge in [0.15, 0.2) is 0 Å². The fourth-order valence-corrected chi connectivity index (χ4v) is 9.69. The minimum Gasteiger partial charge on any atom is -0.494 e. The molecule has 0 bridgehead atoms. The van der Waals surface area contributed by atoms with Crippen molar-refractivity contribution in [2.24, 2.45) is 0 Å². The van der Waals surface area contributed by atoms with Gasteiger partial charge in [-0.1, -0.05) is 97.0 Å². The Morgan fingerprint density at radius 2 is 0.792 bits per heavy atom. The lowest BCUT2D eigenvalue weighted by Gasteiger charge is -2.17. The van der Waals surface area contributed by atoms with Gasteiger partial charge in [-0.15, -0.1) is 0 Å². The van der Waals surface area contributed by atoms with Crippen LogP contribution in [-0.2, 0) is 77.2 Å². The van der Waals surface area contributed by atoms with Crippen molar-refractivity contribution in [1.29, 1.82) is 0 Å². The van der Waals surface area contributed by atoms with Crippen LogP contribution < -0.4 is 14.2 Å². The zero-order chi connectivity index (χ0) is 54.8. The molecule has 0 unspecified atom stereocenters. The summed E-state index contributed by atoms with van der Waals surface area (Å²) in [6.07, 6.45) is 24.5. The summed E-state index contributed by atoms with van der Waals surface area (Å²) in [5.41, 5.74) is 19.8. The number of aromatic amines is 4. The second-order valence-electron chi connectivity index (χ2n) is 18.6. The molecule has 0 aliphatic carbocycles. The monoisotopic (exact) mass is 1040 g/mol. The Labute approximate surface area is 457 Å². The van der Waals surface area contributed by atoms with Crippen molar-refractivity contribution in [3.63, 3.8) is 0 Å². The largest absolute Gasteiger partial charge is 0.494 e. The Morgan fingerprint density at radius 1 is 0.377 bits per heavy atom. The van der Waals surface area contributed by atoms with E-state index in [1.54, 1.807) is 37.6 Å².